The molecule has 4 rings (SSSR count). The first-order valence-electron chi connectivity index (χ1n) is 6.10. The molecule has 0 aliphatic carbocycles. The predicted octanol–water partition coefficient (Wildman–Crippen LogP) is 3.59. The molecule has 0 amide bonds. The highest BCUT2D eigenvalue weighted by atomic mass is 35.5. The summed E-state index contributed by atoms with van der Waals surface area (Å²) in [6, 6.07) is 9.77. The topological polar surface area (TPSA) is 43.6 Å². The Kier molecular flexibility index (Phi) is 2.75. The van der Waals surface area contributed by atoms with E-state index in [1.807, 2.05) is 30.3 Å². The molecule has 98 valence electrons. The van der Waals surface area contributed by atoms with Gasteiger partial charge in [-0.1, -0.05) is 11.6 Å². The number of rotatable bonds is 1. The molecule has 3 aromatic rings. The van der Waals surface area contributed by atoms with E-state index in [1.54, 1.807) is 24.2 Å². The van der Waals surface area contributed by atoms with Crippen molar-refractivity contribution in [2.24, 2.45) is 0 Å². The quantitative estimate of drug-likeness (QED) is 0.689. The fraction of sp³-hybridized carbons (Fsp3) is 0.0714. The minimum atomic E-state index is 0.746. The monoisotopic (exact) mass is 300 g/mol. The molecule has 6 heteroatoms. The van der Waals surface area contributed by atoms with Crippen LogP contribution in [0.1, 0.15) is 5.82 Å². The van der Waals surface area contributed by atoms with Crippen LogP contribution in [-0.4, -0.2) is 19.7 Å². The van der Waals surface area contributed by atoms with E-state index < -0.39 is 0 Å². The number of fused-ring (bicyclic) bond motifs is 3. The van der Waals surface area contributed by atoms with Gasteiger partial charge in [0.1, 0.15) is 5.82 Å². The highest BCUT2D eigenvalue weighted by molar-refractivity contribution is 7.98. The molecule has 0 radical (unpaired) electrons. The molecule has 0 spiro atoms. The molecular weight excluding hydrogens is 292 g/mol. The zero-order valence-corrected chi connectivity index (χ0v) is 11.9. The molecule has 0 bridgehead atoms. The highest BCUT2D eigenvalue weighted by Crippen LogP contribution is 2.38. The first kappa shape index (κ1) is 11.9. The van der Waals surface area contributed by atoms with Crippen LogP contribution in [0.2, 0.25) is 5.02 Å². The van der Waals surface area contributed by atoms with E-state index in [0.717, 1.165) is 38.6 Å². The first-order chi connectivity index (χ1) is 9.83. The Morgan fingerprint density at radius 2 is 2.15 bits per heavy atom. The average Bonchev–Trinajstić information content (AvgIpc) is 2.92. The van der Waals surface area contributed by atoms with Gasteiger partial charge in [-0.25, -0.2) is 0 Å². The number of halogens is 1. The van der Waals surface area contributed by atoms with Crippen LogP contribution in [0.25, 0.3) is 17.1 Å². The fourth-order valence-electron chi connectivity index (χ4n) is 2.28. The average molecular weight is 301 g/mol. The number of pyridine rings is 1. The van der Waals surface area contributed by atoms with Crippen molar-refractivity contribution in [2.45, 2.75) is 10.6 Å². The molecule has 0 saturated carbocycles. The van der Waals surface area contributed by atoms with Gasteiger partial charge in [0.15, 0.2) is 5.82 Å². The van der Waals surface area contributed by atoms with Crippen molar-refractivity contribution in [2.75, 3.05) is 0 Å². The molecule has 0 saturated heterocycles. The Labute approximate surface area is 124 Å². The third-order valence-corrected chi connectivity index (χ3v) is 4.44. The zero-order valence-electron chi connectivity index (χ0n) is 10.3. The number of aromatic nitrogens is 4. The Bertz CT molecular complexity index is 785. The van der Waals surface area contributed by atoms with E-state index in [0.29, 0.717) is 0 Å². The van der Waals surface area contributed by atoms with Crippen molar-refractivity contribution < 1.29 is 0 Å². The van der Waals surface area contributed by atoms with Gasteiger partial charge in [0.05, 0.1) is 11.4 Å². The van der Waals surface area contributed by atoms with E-state index in [9.17, 15) is 0 Å². The van der Waals surface area contributed by atoms with E-state index in [1.165, 1.54) is 0 Å². The Balaban J connectivity index is 1.96. The molecule has 1 aliphatic heterocycles. The van der Waals surface area contributed by atoms with Crippen molar-refractivity contribution in [3.05, 3.63) is 53.6 Å². The summed E-state index contributed by atoms with van der Waals surface area (Å²) in [5.74, 6) is 2.56. The lowest BCUT2D eigenvalue weighted by atomic mass is 10.2. The largest absolute Gasteiger partial charge is 0.277 e. The lowest BCUT2D eigenvalue weighted by molar-refractivity contribution is 0.922. The zero-order chi connectivity index (χ0) is 13.5. The number of nitrogens with zero attached hydrogens (tertiary/aromatic N) is 4. The third kappa shape index (κ3) is 1.82. The second-order valence-corrected chi connectivity index (χ2v) is 5.87. The molecule has 1 aromatic carbocycles. The SMILES string of the molecule is Clc1ccc2c(c1)SCc1nnc(-c3cccnc3)n1-2. The smallest absolute Gasteiger partial charge is 0.170 e. The molecule has 0 fully saturated rings. The number of hydrogen-bond acceptors (Lipinski definition) is 4. The van der Waals surface area contributed by atoms with E-state index in [2.05, 4.69) is 19.7 Å². The van der Waals surface area contributed by atoms with E-state index in [4.69, 9.17) is 11.6 Å². The minimum absolute atomic E-state index is 0.746. The summed E-state index contributed by atoms with van der Waals surface area (Å²) in [5.41, 5.74) is 2.03. The summed E-state index contributed by atoms with van der Waals surface area (Å²) >= 11 is 7.80. The Morgan fingerprint density at radius 3 is 3.00 bits per heavy atom. The molecule has 2 aromatic heterocycles. The summed E-state index contributed by atoms with van der Waals surface area (Å²) in [6.07, 6.45) is 3.55. The van der Waals surface area contributed by atoms with Gasteiger partial charge in [-0.15, -0.1) is 22.0 Å². The Morgan fingerprint density at radius 1 is 1.20 bits per heavy atom. The molecule has 0 unspecified atom stereocenters. The van der Waals surface area contributed by atoms with Crippen molar-refractivity contribution in [3.63, 3.8) is 0 Å². The van der Waals surface area contributed by atoms with Gasteiger partial charge in [0.25, 0.3) is 0 Å². The van der Waals surface area contributed by atoms with Gasteiger partial charge in [-0.05, 0) is 30.3 Å². The molecular formula is C14H9ClN4S. The second-order valence-electron chi connectivity index (χ2n) is 4.42. The normalized spacial score (nSPS) is 12.8. The van der Waals surface area contributed by atoms with Gasteiger partial charge in [-0.3, -0.25) is 9.55 Å². The van der Waals surface area contributed by atoms with Crippen molar-refractivity contribution in [1.29, 1.82) is 0 Å². The molecule has 0 atom stereocenters. The Hall–Kier alpha value is -1.85. The second kappa shape index (κ2) is 4.61. The van der Waals surface area contributed by atoms with Crippen molar-refractivity contribution in [1.82, 2.24) is 19.7 Å². The van der Waals surface area contributed by atoms with Gasteiger partial charge in [0.2, 0.25) is 0 Å². The maximum Gasteiger partial charge on any atom is 0.170 e. The fourth-order valence-corrected chi connectivity index (χ4v) is 3.50. The summed E-state index contributed by atoms with van der Waals surface area (Å²) in [6.45, 7) is 0. The van der Waals surface area contributed by atoms with Crippen LogP contribution < -0.4 is 0 Å². The number of hydrogen-bond donors (Lipinski definition) is 0. The molecule has 0 N–H and O–H groups in total. The number of thioether (sulfide) groups is 1. The van der Waals surface area contributed by atoms with Gasteiger partial charge in [-0.2, -0.15) is 0 Å². The van der Waals surface area contributed by atoms with E-state index in [-0.39, 0.29) is 0 Å². The first-order valence-corrected chi connectivity index (χ1v) is 7.47. The lowest BCUT2D eigenvalue weighted by Gasteiger charge is -2.19. The van der Waals surface area contributed by atoms with Gasteiger partial charge >= 0.3 is 0 Å². The highest BCUT2D eigenvalue weighted by Gasteiger charge is 2.22. The molecule has 1 aliphatic rings. The van der Waals surface area contributed by atoms with Crippen LogP contribution in [0.4, 0.5) is 0 Å². The predicted molar refractivity (Wildman–Crippen MR) is 79.2 cm³/mol. The van der Waals surface area contributed by atoms with Crippen LogP contribution >= 0.6 is 23.4 Å². The van der Waals surface area contributed by atoms with Gasteiger partial charge in [0, 0.05) is 27.9 Å². The summed E-state index contributed by atoms with van der Waals surface area (Å²) in [7, 11) is 0. The maximum absolute atomic E-state index is 6.07. The summed E-state index contributed by atoms with van der Waals surface area (Å²) in [5, 5.41) is 9.35. The third-order valence-electron chi connectivity index (χ3n) is 3.17. The molecule has 3 heterocycles. The number of benzene rings is 1. The maximum atomic E-state index is 6.07. The van der Waals surface area contributed by atoms with Crippen LogP contribution in [0, 0.1) is 0 Å². The van der Waals surface area contributed by atoms with Crippen LogP contribution in [-0.2, 0) is 5.75 Å². The van der Waals surface area contributed by atoms with Gasteiger partial charge < -0.3 is 0 Å². The van der Waals surface area contributed by atoms with Crippen molar-refractivity contribution >= 4 is 23.4 Å². The van der Waals surface area contributed by atoms with Crippen LogP contribution in [0.15, 0.2) is 47.6 Å². The summed E-state index contributed by atoms with van der Waals surface area (Å²) in [4.78, 5) is 5.30. The standard InChI is InChI=1S/C14H9ClN4S/c15-10-3-4-11-12(6-10)20-8-13-17-18-14(19(11)13)9-2-1-5-16-7-9/h1-7H,8H2. The summed E-state index contributed by atoms with van der Waals surface area (Å²) < 4.78 is 2.08. The molecule has 20 heavy (non-hydrogen) atoms. The molecule has 4 nitrogen and oxygen atoms in total. The minimum Gasteiger partial charge on any atom is -0.277 e. The van der Waals surface area contributed by atoms with Crippen molar-refractivity contribution in [3.8, 4) is 17.1 Å². The van der Waals surface area contributed by atoms with Crippen LogP contribution in [0.3, 0.4) is 0 Å². The lowest BCUT2D eigenvalue weighted by Crippen LogP contribution is -2.08. The van der Waals surface area contributed by atoms with E-state index >= 15 is 0 Å². The van der Waals surface area contributed by atoms with Crippen LogP contribution in [0.5, 0.6) is 0 Å².